The number of halogens is 1. The van der Waals surface area contributed by atoms with E-state index in [0.29, 0.717) is 10.7 Å². The van der Waals surface area contributed by atoms with E-state index in [4.69, 9.17) is 0 Å². The van der Waals surface area contributed by atoms with Crippen LogP contribution in [0.2, 0.25) is 0 Å². The van der Waals surface area contributed by atoms with Crippen LogP contribution in [-0.4, -0.2) is 14.6 Å². The molecule has 2 atom stereocenters. The predicted octanol–water partition coefficient (Wildman–Crippen LogP) is 3.71. The molecule has 2 nitrogen and oxygen atoms in total. The molecule has 0 bridgehead atoms. The van der Waals surface area contributed by atoms with E-state index in [0.717, 1.165) is 6.54 Å². The molecule has 1 aromatic heterocycles. The third-order valence-corrected chi connectivity index (χ3v) is 4.43. The number of alkyl halides is 1. The molecule has 1 saturated carbocycles. The van der Waals surface area contributed by atoms with Gasteiger partial charge in [-0.25, -0.2) is 0 Å². The number of hydrogen-bond donors (Lipinski definition) is 0. The SMILES string of the molecule is CCn1cc(C2CCCCCC2Br)cn1. The van der Waals surface area contributed by atoms with Crippen LogP contribution in [0, 0.1) is 0 Å². The molecule has 1 fully saturated rings. The van der Waals surface area contributed by atoms with Gasteiger partial charge in [0.15, 0.2) is 0 Å². The van der Waals surface area contributed by atoms with Crippen LogP contribution in [0.3, 0.4) is 0 Å². The zero-order valence-electron chi connectivity index (χ0n) is 9.32. The van der Waals surface area contributed by atoms with Gasteiger partial charge in [0.05, 0.1) is 6.20 Å². The number of hydrogen-bond acceptors (Lipinski definition) is 1. The highest BCUT2D eigenvalue weighted by molar-refractivity contribution is 9.09. The maximum absolute atomic E-state index is 4.37. The summed E-state index contributed by atoms with van der Waals surface area (Å²) in [6.45, 7) is 3.11. The van der Waals surface area contributed by atoms with Crippen molar-refractivity contribution in [2.75, 3.05) is 0 Å². The van der Waals surface area contributed by atoms with Crippen molar-refractivity contribution < 1.29 is 0 Å². The van der Waals surface area contributed by atoms with Gasteiger partial charge in [0, 0.05) is 17.6 Å². The van der Waals surface area contributed by atoms with Gasteiger partial charge in [-0.1, -0.05) is 35.2 Å². The van der Waals surface area contributed by atoms with E-state index < -0.39 is 0 Å². The van der Waals surface area contributed by atoms with Gasteiger partial charge in [0.1, 0.15) is 0 Å². The summed E-state index contributed by atoms with van der Waals surface area (Å²) in [4.78, 5) is 0.648. The number of aromatic nitrogens is 2. The predicted molar refractivity (Wildman–Crippen MR) is 66.4 cm³/mol. The molecule has 1 aliphatic carbocycles. The maximum Gasteiger partial charge on any atom is 0.0524 e. The van der Waals surface area contributed by atoms with Crippen LogP contribution in [0.5, 0.6) is 0 Å². The van der Waals surface area contributed by atoms with Crippen LogP contribution in [0.25, 0.3) is 0 Å². The Kier molecular flexibility index (Phi) is 3.84. The minimum absolute atomic E-state index is 0.648. The Bertz CT molecular complexity index is 308. The molecule has 0 aliphatic heterocycles. The van der Waals surface area contributed by atoms with E-state index in [1.165, 1.54) is 37.7 Å². The molecule has 1 aromatic rings. The molecule has 0 aromatic carbocycles. The van der Waals surface area contributed by atoms with Crippen LogP contribution in [0.15, 0.2) is 12.4 Å². The topological polar surface area (TPSA) is 17.8 Å². The molecular weight excluding hydrogens is 252 g/mol. The quantitative estimate of drug-likeness (QED) is 0.592. The van der Waals surface area contributed by atoms with E-state index in [9.17, 15) is 0 Å². The van der Waals surface area contributed by atoms with Crippen molar-refractivity contribution in [2.45, 2.75) is 56.3 Å². The summed E-state index contributed by atoms with van der Waals surface area (Å²) >= 11 is 3.84. The van der Waals surface area contributed by atoms with Gasteiger partial charge in [-0.3, -0.25) is 4.68 Å². The second-order valence-electron chi connectivity index (χ2n) is 4.39. The normalized spacial score (nSPS) is 27.6. The zero-order valence-corrected chi connectivity index (χ0v) is 10.9. The van der Waals surface area contributed by atoms with Crippen molar-refractivity contribution in [3.05, 3.63) is 18.0 Å². The molecule has 0 spiro atoms. The Labute approximate surface area is 100 Å². The molecule has 0 saturated heterocycles. The summed E-state index contributed by atoms with van der Waals surface area (Å²) in [5.41, 5.74) is 1.42. The third-order valence-electron chi connectivity index (χ3n) is 3.34. The van der Waals surface area contributed by atoms with Crippen molar-refractivity contribution in [1.29, 1.82) is 0 Å². The Hall–Kier alpha value is -0.310. The maximum atomic E-state index is 4.37. The van der Waals surface area contributed by atoms with Gasteiger partial charge in [0.2, 0.25) is 0 Å². The lowest BCUT2D eigenvalue weighted by Crippen LogP contribution is -2.09. The van der Waals surface area contributed by atoms with Gasteiger partial charge in [0.25, 0.3) is 0 Å². The Balaban J connectivity index is 2.12. The lowest BCUT2D eigenvalue weighted by Gasteiger charge is -2.17. The van der Waals surface area contributed by atoms with Crippen LogP contribution in [0.4, 0.5) is 0 Å². The highest BCUT2D eigenvalue weighted by Crippen LogP contribution is 2.35. The van der Waals surface area contributed by atoms with Crippen LogP contribution in [-0.2, 0) is 6.54 Å². The lowest BCUT2D eigenvalue weighted by molar-refractivity contribution is 0.609. The monoisotopic (exact) mass is 270 g/mol. The van der Waals surface area contributed by atoms with E-state index in [2.05, 4.69) is 34.1 Å². The summed E-state index contributed by atoms with van der Waals surface area (Å²) in [6, 6.07) is 0. The van der Waals surface area contributed by atoms with E-state index >= 15 is 0 Å². The number of nitrogens with zero attached hydrogens (tertiary/aromatic N) is 2. The minimum atomic E-state index is 0.648. The van der Waals surface area contributed by atoms with Crippen LogP contribution < -0.4 is 0 Å². The molecule has 1 heterocycles. The first kappa shape index (κ1) is 11.2. The van der Waals surface area contributed by atoms with E-state index in [-0.39, 0.29) is 0 Å². The zero-order chi connectivity index (χ0) is 10.7. The van der Waals surface area contributed by atoms with E-state index in [1.807, 2.05) is 10.9 Å². The number of aryl methyl sites for hydroxylation is 1. The summed E-state index contributed by atoms with van der Waals surface area (Å²) in [5.74, 6) is 0.674. The lowest BCUT2D eigenvalue weighted by atomic mass is 9.94. The molecule has 84 valence electrons. The summed E-state index contributed by atoms with van der Waals surface area (Å²) in [5, 5.41) is 4.37. The number of rotatable bonds is 2. The summed E-state index contributed by atoms with van der Waals surface area (Å²) < 4.78 is 2.03. The highest BCUT2D eigenvalue weighted by atomic mass is 79.9. The largest absolute Gasteiger partial charge is 0.273 e. The molecule has 2 rings (SSSR count). The van der Waals surface area contributed by atoms with Gasteiger partial charge in [-0.15, -0.1) is 0 Å². The molecule has 2 unspecified atom stereocenters. The van der Waals surface area contributed by atoms with Gasteiger partial charge in [-0.05, 0) is 31.2 Å². The molecule has 15 heavy (non-hydrogen) atoms. The Morgan fingerprint density at radius 2 is 2.20 bits per heavy atom. The Morgan fingerprint density at radius 3 is 2.93 bits per heavy atom. The second-order valence-corrected chi connectivity index (χ2v) is 5.57. The first-order valence-electron chi connectivity index (χ1n) is 5.97. The average molecular weight is 271 g/mol. The fraction of sp³-hybridized carbons (Fsp3) is 0.750. The molecule has 0 N–H and O–H groups in total. The molecule has 1 aliphatic rings. The average Bonchev–Trinajstić information content (AvgIpc) is 2.62. The molecule has 0 amide bonds. The molecular formula is C12H19BrN2. The summed E-state index contributed by atoms with van der Waals surface area (Å²) in [6.07, 6.45) is 11.0. The smallest absolute Gasteiger partial charge is 0.0524 e. The van der Waals surface area contributed by atoms with Crippen molar-refractivity contribution in [3.63, 3.8) is 0 Å². The van der Waals surface area contributed by atoms with Gasteiger partial charge < -0.3 is 0 Å². The van der Waals surface area contributed by atoms with Crippen molar-refractivity contribution in [3.8, 4) is 0 Å². The second kappa shape index (κ2) is 5.15. The third kappa shape index (κ3) is 2.63. The fourth-order valence-electron chi connectivity index (χ4n) is 2.38. The highest BCUT2D eigenvalue weighted by Gasteiger charge is 2.23. The van der Waals surface area contributed by atoms with E-state index in [1.54, 1.807) is 0 Å². The summed E-state index contributed by atoms with van der Waals surface area (Å²) in [7, 11) is 0. The van der Waals surface area contributed by atoms with Gasteiger partial charge >= 0.3 is 0 Å². The fourth-order valence-corrected chi connectivity index (χ4v) is 3.28. The van der Waals surface area contributed by atoms with Crippen LogP contribution >= 0.6 is 15.9 Å². The van der Waals surface area contributed by atoms with Crippen molar-refractivity contribution in [1.82, 2.24) is 9.78 Å². The van der Waals surface area contributed by atoms with Crippen molar-refractivity contribution in [2.24, 2.45) is 0 Å². The Morgan fingerprint density at radius 1 is 1.40 bits per heavy atom. The minimum Gasteiger partial charge on any atom is -0.273 e. The molecule has 3 heteroatoms. The van der Waals surface area contributed by atoms with Crippen LogP contribution in [0.1, 0.15) is 50.5 Å². The van der Waals surface area contributed by atoms with Crippen molar-refractivity contribution >= 4 is 15.9 Å². The van der Waals surface area contributed by atoms with Gasteiger partial charge in [-0.2, -0.15) is 5.10 Å². The standard InChI is InChI=1S/C12H19BrN2/c1-2-15-9-10(8-14-15)11-6-4-3-5-7-12(11)13/h8-9,11-12H,2-7H2,1H3. The first-order chi connectivity index (χ1) is 7.31. The first-order valence-corrected chi connectivity index (χ1v) is 6.89. The molecule has 0 radical (unpaired) electrons.